The van der Waals surface area contributed by atoms with Gasteiger partial charge in [-0.1, -0.05) is 28.1 Å². The Morgan fingerprint density at radius 2 is 1.88 bits per heavy atom. The van der Waals surface area contributed by atoms with Gasteiger partial charge in [-0.3, -0.25) is 0 Å². The zero-order chi connectivity index (χ0) is 17.6. The molecule has 2 N–H and O–H groups in total. The monoisotopic (exact) mass is 398 g/mol. The molecule has 0 aliphatic rings. The lowest BCUT2D eigenvalue weighted by atomic mass is 10.2. The summed E-state index contributed by atoms with van der Waals surface area (Å²) in [6, 6.07) is 15.8. The molecule has 0 aliphatic heterocycles. The summed E-state index contributed by atoms with van der Waals surface area (Å²) in [5, 5.41) is 6.53. The number of hydrogen-bond acceptors (Lipinski definition) is 5. The fourth-order valence-corrected chi connectivity index (χ4v) is 2.55. The summed E-state index contributed by atoms with van der Waals surface area (Å²) in [5.74, 6) is 2.17. The van der Waals surface area contributed by atoms with E-state index in [0.29, 0.717) is 12.5 Å². The van der Waals surface area contributed by atoms with Crippen molar-refractivity contribution < 1.29 is 4.74 Å². The van der Waals surface area contributed by atoms with E-state index in [4.69, 9.17) is 4.74 Å². The summed E-state index contributed by atoms with van der Waals surface area (Å²) in [6.07, 6.45) is 1.73. The van der Waals surface area contributed by atoms with Crippen molar-refractivity contribution >= 4 is 33.4 Å². The number of nitrogens with one attached hydrogen (secondary N) is 2. The third kappa shape index (κ3) is 4.70. The summed E-state index contributed by atoms with van der Waals surface area (Å²) in [7, 11) is 1.66. The van der Waals surface area contributed by atoms with Crippen molar-refractivity contribution in [3.8, 4) is 5.75 Å². The Balaban J connectivity index is 1.65. The van der Waals surface area contributed by atoms with E-state index in [1.165, 1.54) is 0 Å². The quantitative estimate of drug-likeness (QED) is 0.617. The lowest BCUT2D eigenvalue weighted by Crippen LogP contribution is -2.04. The van der Waals surface area contributed by atoms with E-state index in [2.05, 4.69) is 36.5 Å². The highest BCUT2D eigenvalue weighted by molar-refractivity contribution is 9.10. The minimum Gasteiger partial charge on any atom is -0.497 e. The number of ether oxygens (including phenoxy) is 1. The molecule has 1 aromatic heterocycles. The molecule has 0 aliphatic carbocycles. The molecule has 1 heterocycles. The number of benzene rings is 2. The third-order valence-corrected chi connectivity index (χ3v) is 4.59. The van der Waals surface area contributed by atoms with Crippen LogP contribution in [0.3, 0.4) is 0 Å². The molecule has 5 nitrogen and oxygen atoms in total. The van der Waals surface area contributed by atoms with Crippen molar-refractivity contribution in [2.24, 2.45) is 0 Å². The molecule has 0 radical (unpaired) electrons. The van der Waals surface area contributed by atoms with Gasteiger partial charge in [0.1, 0.15) is 11.6 Å². The molecule has 0 bridgehead atoms. The van der Waals surface area contributed by atoms with Crippen molar-refractivity contribution in [3.05, 3.63) is 70.3 Å². The normalized spacial score (nSPS) is 10.4. The lowest BCUT2D eigenvalue weighted by Gasteiger charge is -2.10. The summed E-state index contributed by atoms with van der Waals surface area (Å²) in [4.78, 5) is 8.77. The van der Waals surface area contributed by atoms with Gasteiger partial charge >= 0.3 is 0 Å². The predicted octanol–water partition coefficient (Wildman–Crippen LogP) is 4.91. The van der Waals surface area contributed by atoms with Crippen LogP contribution in [0.5, 0.6) is 5.75 Å². The van der Waals surface area contributed by atoms with Crippen LogP contribution < -0.4 is 15.4 Å². The fraction of sp³-hybridized carbons (Fsp3) is 0.158. The number of aryl methyl sites for hydroxylation is 1. The van der Waals surface area contributed by atoms with Crippen LogP contribution in [0.1, 0.15) is 11.1 Å². The second-order valence-corrected chi connectivity index (χ2v) is 6.41. The molecule has 2 aromatic carbocycles. The van der Waals surface area contributed by atoms with Gasteiger partial charge < -0.3 is 15.4 Å². The van der Waals surface area contributed by atoms with Crippen molar-refractivity contribution in [2.75, 3.05) is 17.7 Å². The Morgan fingerprint density at radius 1 is 1.08 bits per heavy atom. The minimum absolute atomic E-state index is 0.557. The van der Waals surface area contributed by atoms with Crippen LogP contribution in [0.4, 0.5) is 17.5 Å². The molecule has 0 fully saturated rings. The molecule has 3 rings (SSSR count). The van der Waals surface area contributed by atoms with Crippen molar-refractivity contribution in [1.82, 2.24) is 9.97 Å². The van der Waals surface area contributed by atoms with E-state index in [-0.39, 0.29) is 0 Å². The standard InChI is InChI=1S/C19H19BrN4O/c1-13-11-15(5-8-17(13)20)23-19-21-10-9-18(24-19)22-12-14-3-6-16(25-2)7-4-14/h3-11H,12H2,1-2H3,(H2,21,22,23,24). The average Bonchev–Trinajstić information content (AvgIpc) is 2.64. The molecule has 3 aromatic rings. The van der Waals surface area contributed by atoms with Gasteiger partial charge in [0.25, 0.3) is 0 Å². The molecule has 0 atom stereocenters. The molecule has 0 saturated heterocycles. The SMILES string of the molecule is COc1ccc(CNc2ccnc(Nc3ccc(Br)c(C)c3)n2)cc1. The van der Waals surface area contributed by atoms with Crippen LogP contribution >= 0.6 is 15.9 Å². The molecule has 0 amide bonds. The zero-order valence-electron chi connectivity index (χ0n) is 14.1. The predicted molar refractivity (Wildman–Crippen MR) is 105 cm³/mol. The van der Waals surface area contributed by atoms with Crippen LogP contribution in [-0.2, 0) is 6.54 Å². The van der Waals surface area contributed by atoms with Crippen LogP contribution in [-0.4, -0.2) is 17.1 Å². The molecule has 0 saturated carbocycles. The number of halogens is 1. The second kappa shape index (κ2) is 7.98. The maximum atomic E-state index is 5.17. The lowest BCUT2D eigenvalue weighted by molar-refractivity contribution is 0.414. The molecule has 6 heteroatoms. The van der Waals surface area contributed by atoms with Gasteiger partial charge in [-0.2, -0.15) is 4.98 Å². The average molecular weight is 399 g/mol. The highest BCUT2D eigenvalue weighted by atomic mass is 79.9. The van der Waals surface area contributed by atoms with Gasteiger partial charge in [-0.05, 0) is 54.4 Å². The van der Waals surface area contributed by atoms with E-state index >= 15 is 0 Å². The number of nitrogens with zero attached hydrogens (tertiary/aromatic N) is 2. The Labute approximate surface area is 155 Å². The van der Waals surface area contributed by atoms with Gasteiger partial charge in [-0.15, -0.1) is 0 Å². The topological polar surface area (TPSA) is 59.1 Å². The smallest absolute Gasteiger partial charge is 0.229 e. The van der Waals surface area contributed by atoms with Gasteiger partial charge in [-0.25, -0.2) is 4.98 Å². The summed E-state index contributed by atoms with van der Waals surface area (Å²) < 4.78 is 6.25. The van der Waals surface area contributed by atoms with Gasteiger partial charge in [0.2, 0.25) is 5.95 Å². The number of methoxy groups -OCH3 is 1. The van der Waals surface area contributed by atoms with Gasteiger partial charge in [0, 0.05) is 22.9 Å². The maximum absolute atomic E-state index is 5.17. The van der Waals surface area contributed by atoms with Gasteiger partial charge in [0.05, 0.1) is 7.11 Å². The van der Waals surface area contributed by atoms with Crippen LogP contribution in [0.15, 0.2) is 59.2 Å². The summed E-state index contributed by atoms with van der Waals surface area (Å²) >= 11 is 3.50. The van der Waals surface area contributed by atoms with Crippen LogP contribution in [0.2, 0.25) is 0 Å². The van der Waals surface area contributed by atoms with Gasteiger partial charge in [0.15, 0.2) is 0 Å². The fourth-order valence-electron chi connectivity index (χ4n) is 2.30. The number of rotatable bonds is 6. The van der Waals surface area contributed by atoms with E-state index < -0.39 is 0 Å². The summed E-state index contributed by atoms with van der Waals surface area (Å²) in [5.41, 5.74) is 3.25. The van der Waals surface area contributed by atoms with Crippen molar-refractivity contribution in [3.63, 3.8) is 0 Å². The molecule has 0 spiro atoms. The molecular weight excluding hydrogens is 380 g/mol. The Hall–Kier alpha value is -2.60. The highest BCUT2D eigenvalue weighted by Crippen LogP contribution is 2.22. The minimum atomic E-state index is 0.557. The molecular formula is C19H19BrN4O. The number of anilines is 3. The molecule has 0 unspecified atom stereocenters. The van der Waals surface area contributed by atoms with E-state index in [1.807, 2.05) is 55.5 Å². The Morgan fingerprint density at radius 3 is 2.60 bits per heavy atom. The van der Waals surface area contributed by atoms with E-state index in [9.17, 15) is 0 Å². The first-order chi connectivity index (χ1) is 12.1. The van der Waals surface area contributed by atoms with Crippen molar-refractivity contribution in [1.29, 1.82) is 0 Å². The van der Waals surface area contributed by atoms with E-state index in [0.717, 1.165) is 32.9 Å². The van der Waals surface area contributed by atoms with Crippen LogP contribution in [0, 0.1) is 6.92 Å². The summed E-state index contributed by atoms with van der Waals surface area (Å²) in [6.45, 7) is 2.72. The number of hydrogen-bond donors (Lipinski definition) is 2. The molecule has 25 heavy (non-hydrogen) atoms. The Kier molecular flexibility index (Phi) is 5.50. The van der Waals surface area contributed by atoms with Crippen LogP contribution in [0.25, 0.3) is 0 Å². The van der Waals surface area contributed by atoms with E-state index in [1.54, 1.807) is 13.3 Å². The third-order valence-electron chi connectivity index (χ3n) is 3.70. The maximum Gasteiger partial charge on any atom is 0.229 e. The zero-order valence-corrected chi connectivity index (χ0v) is 15.7. The first-order valence-electron chi connectivity index (χ1n) is 7.87. The first kappa shape index (κ1) is 17.2. The largest absolute Gasteiger partial charge is 0.497 e. The highest BCUT2D eigenvalue weighted by Gasteiger charge is 2.02. The second-order valence-electron chi connectivity index (χ2n) is 5.56. The first-order valence-corrected chi connectivity index (χ1v) is 8.66. The molecule has 128 valence electrons. The van der Waals surface area contributed by atoms with Crippen molar-refractivity contribution in [2.45, 2.75) is 13.5 Å². The number of aromatic nitrogens is 2. The Bertz CT molecular complexity index is 852.